The van der Waals surface area contributed by atoms with E-state index in [1.807, 2.05) is 0 Å². The minimum absolute atomic E-state index is 0.0350. The number of hydrogen-bond acceptors (Lipinski definition) is 1. The maximum absolute atomic E-state index is 6.48. The highest BCUT2D eigenvalue weighted by molar-refractivity contribution is 6.21. The lowest BCUT2D eigenvalue weighted by Gasteiger charge is -2.33. The molecule has 0 spiro atoms. The van der Waals surface area contributed by atoms with E-state index in [1.54, 1.807) is 0 Å². The van der Waals surface area contributed by atoms with Crippen molar-refractivity contribution in [3.63, 3.8) is 0 Å². The van der Waals surface area contributed by atoms with Crippen LogP contribution in [0, 0.1) is 23.7 Å². The van der Waals surface area contributed by atoms with Gasteiger partial charge in [-0.2, -0.15) is 0 Å². The molecule has 0 unspecified atom stereocenters. The molecule has 3 aliphatic carbocycles. The van der Waals surface area contributed by atoms with Gasteiger partial charge in [-0.15, -0.1) is 11.6 Å². The highest BCUT2D eigenvalue weighted by atomic mass is 35.5. The third kappa shape index (κ3) is 1.25. The van der Waals surface area contributed by atoms with Gasteiger partial charge in [0.15, 0.2) is 0 Å². The molecule has 0 radical (unpaired) electrons. The third-order valence-corrected chi connectivity index (χ3v) is 4.74. The first kappa shape index (κ1) is 9.47. The van der Waals surface area contributed by atoms with Gasteiger partial charge in [0, 0.05) is 0 Å². The summed E-state index contributed by atoms with van der Waals surface area (Å²) in [4.78, 5) is 0. The highest BCUT2D eigenvalue weighted by Gasteiger charge is 2.65. The van der Waals surface area contributed by atoms with Gasteiger partial charge >= 0.3 is 0 Å². The van der Waals surface area contributed by atoms with Crippen molar-refractivity contribution in [1.29, 1.82) is 0 Å². The summed E-state index contributed by atoms with van der Waals surface area (Å²) in [6, 6.07) is 0. The minimum atomic E-state index is -0.0350. The summed E-state index contributed by atoms with van der Waals surface area (Å²) >= 11 is 6.48. The standard InChI is InChI=1S/C12H19ClO/c1-12(2,3)14-11-9-5-8(10(11)13)6-4-7(6)9/h6-11H,4-5H2,1-3H3/t6-,7+,8-,9+,10-,11+/m1/s1. The molecule has 2 bridgehead atoms. The molecule has 0 aromatic rings. The van der Waals surface area contributed by atoms with E-state index in [9.17, 15) is 0 Å². The Bertz CT molecular complexity index is 258. The zero-order valence-electron chi connectivity index (χ0n) is 9.16. The van der Waals surface area contributed by atoms with Crippen LogP contribution in [0.4, 0.5) is 0 Å². The summed E-state index contributed by atoms with van der Waals surface area (Å²) < 4.78 is 6.11. The fourth-order valence-corrected chi connectivity index (χ4v) is 4.20. The Morgan fingerprint density at radius 1 is 1.00 bits per heavy atom. The van der Waals surface area contributed by atoms with Crippen LogP contribution in [-0.4, -0.2) is 17.1 Å². The molecule has 14 heavy (non-hydrogen) atoms. The van der Waals surface area contributed by atoms with Gasteiger partial charge in [-0.25, -0.2) is 0 Å². The van der Waals surface area contributed by atoms with Gasteiger partial charge in [-0.05, 0) is 57.3 Å². The van der Waals surface area contributed by atoms with Crippen LogP contribution in [0.15, 0.2) is 0 Å². The summed E-state index contributed by atoms with van der Waals surface area (Å²) in [5.74, 6) is 3.51. The topological polar surface area (TPSA) is 9.23 Å². The van der Waals surface area contributed by atoms with E-state index in [2.05, 4.69) is 20.8 Å². The molecule has 6 atom stereocenters. The second-order valence-corrected chi connectivity index (χ2v) is 6.77. The van der Waals surface area contributed by atoms with Crippen molar-refractivity contribution < 1.29 is 4.74 Å². The SMILES string of the molecule is CC(C)(C)O[C@@H]1[C@H](Cl)[C@@H]2C[C@H]1[C@H]1C[C@H]12. The molecule has 1 nitrogen and oxygen atoms in total. The first-order chi connectivity index (χ1) is 6.47. The molecule has 0 heterocycles. The van der Waals surface area contributed by atoms with Gasteiger partial charge in [0.05, 0.1) is 17.1 Å². The molecule has 2 heteroatoms. The van der Waals surface area contributed by atoms with E-state index >= 15 is 0 Å². The second-order valence-electron chi connectivity index (χ2n) is 6.27. The lowest BCUT2D eigenvalue weighted by atomic mass is 9.96. The molecule has 0 aromatic carbocycles. The molecule has 3 rings (SSSR count). The minimum Gasteiger partial charge on any atom is -0.371 e. The number of rotatable bonds is 1. The van der Waals surface area contributed by atoms with Crippen LogP contribution in [0.2, 0.25) is 0 Å². The van der Waals surface area contributed by atoms with Crippen LogP contribution in [0.5, 0.6) is 0 Å². The van der Waals surface area contributed by atoms with E-state index in [-0.39, 0.29) is 5.60 Å². The van der Waals surface area contributed by atoms with Crippen molar-refractivity contribution in [2.75, 3.05) is 0 Å². The third-order valence-electron chi connectivity index (χ3n) is 4.17. The highest BCUT2D eigenvalue weighted by Crippen LogP contribution is 2.67. The number of fused-ring (bicyclic) bond motifs is 5. The van der Waals surface area contributed by atoms with E-state index < -0.39 is 0 Å². The van der Waals surface area contributed by atoms with Crippen molar-refractivity contribution in [3.8, 4) is 0 Å². The lowest BCUT2D eigenvalue weighted by Crippen LogP contribution is -2.38. The molecular formula is C12H19ClO. The Hall–Kier alpha value is 0.250. The zero-order chi connectivity index (χ0) is 10.1. The molecule has 0 N–H and O–H groups in total. The molecule has 3 aliphatic rings. The first-order valence-corrected chi connectivity index (χ1v) is 6.23. The van der Waals surface area contributed by atoms with Gasteiger partial charge in [0.25, 0.3) is 0 Å². The van der Waals surface area contributed by atoms with Crippen molar-refractivity contribution in [3.05, 3.63) is 0 Å². The molecular weight excluding hydrogens is 196 g/mol. The fourth-order valence-electron chi connectivity index (χ4n) is 3.67. The molecule has 0 saturated heterocycles. The van der Waals surface area contributed by atoms with Gasteiger partial charge in [0.1, 0.15) is 0 Å². The Kier molecular flexibility index (Phi) is 1.81. The average Bonchev–Trinajstić information content (AvgIpc) is 2.68. The van der Waals surface area contributed by atoms with Crippen molar-refractivity contribution in [1.82, 2.24) is 0 Å². The maximum Gasteiger partial charge on any atom is 0.0779 e. The van der Waals surface area contributed by atoms with Crippen molar-refractivity contribution in [2.45, 2.75) is 50.7 Å². The summed E-state index contributed by atoms with van der Waals surface area (Å²) in [6.45, 7) is 6.40. The van der Waals surface area contributed by atoms with Crippen LogP contribution in [0.3, 0.4) is 0 Å². The summed E-state index contributed by atoms with van der Waals surface area (Å²) in [5, 5.41) is 0.294. The molecule has 0 aromatic heterocycles. The van der Waals surface area contributed by atoms with Gasteiger partial charge in [-0.3, -0.25) is 0 Å². The number of halogens is 1. The fraction of sp³-hybridized carbons (Fsp3) is 1.00. The van der Waals surface area contributed by atoms with Gasteiger partial charge in [0.2, 0.25) is 0 Å². The van der Waals surface area contributed by atoms with Gasteiger partial charge < -0.3 is 4.74 Å². The van der Waals surface area contributed by atoms with E-state index in [1.165, 1.54) is 12.8 Å². The molecule has 3 fully saturated rings. The Morgan fingerprint density at radius 3 is 2.14 bits per heavy atom. The lowest BCUT2D eigenvalue weighted by molar-refractivity contribution is -0.0819. The van der Waals surface area contributed by atoms with Crippen LogP contribution in [0.25, 0.3) is 0 Å². The first-order valence-electron chi connectivity index (χ1n) is 5.79. The number of alkyl halides is 1. The zero-order valence-corrected chi connectivity index (χ0v) is 9.92. The predicted molar refractivity (Wildman–Crippen MR) is 57.5 cm³/mol. The Balaban J connectivity index is 1.75. The van der Waals surface area contributed by atoms with Gasteiger partial charge in [-0.1, -0.05) is 0 Å². The van der Waals surface area contributed by atoms with Crippen molar-refractivity contribution >= 4 is 11.6 Å². The van der Waals surface area contributed by atoms with Crippen LogP contribution in [-0.2, 0) is 4.74 Å². The van der Waals surface area contributed by atoms with Crippen LogP contribution < -0.4 is 0 Å². The van der Waals surface area contributed by atoms with Crippen LogP contribution in [0.1, 0.15) is 33.6 Å². The smallest absolute Gasteiger partial charge is 0.0779 e. The Morgan fingerprint density at radius 2 is 1.57 bits per heavy atom. The van der Waals surface area contributed by atoms with E-state index in [0.717, 1.165) is 23.7 Å². The van der Waals surface area contributed by atoms with Crippen LogP contribution >= 0.6 is 11.6 Å². The quantitative estimate of drug-likeness (QED) is 0.610. The molecule has 0 aliphatic heterocycles. The molecule has 3 saturated carbocycles. The summed E-state index contributed by atoms with van der Waals surface area (Å²) in [5.41, 5.74) is -0.0350. The average molecular weight is 215 g/mol. The number of hydrogen-bond donors (Lipinski definition) is 0. The monoisotopic (exact) mass is 214 g/mol. The predicted octanol–water partition coefficient (Wildman–Crippen LogP) is 3.06. The largest absolute Gasteiger partial charge is 0.371 e. The maximum atomic E-state index is 6.48. The number of ether oxygens (including phenoxy) is 1. The summed E-state index contributed by atoms with van der Waals surface area (Å²) in [7, 11) is 0. The van der Waals surface area contributed by atoms with Crippen molar-refractivity contribution in [2.24, 2.45) is 23.7 Å². The summed E-state index contributed by atoms with van der Waals surface area (Å²) in [6.07, 6.45) is 3.11. The second kappa shape index (κ2) is 2.68. The Labute approximate surface area is 91.2 Å². The molecule has 0 amide bonds. The van der Waals surface area contributed by atoms with E-state index in [0.29, 0.717) is 11.5 Å². The van der Waals surface area contributed by atoms with E-state index in [4.69, 9.17) is 16.3 Å². The normalized spacial score (nSPS) is 54.9. The molecule has 80 valence electrons.